The van der Waals surface area contributed by atoms with Crippen LogP contribution >= 0.6 is 0 Å². The largest absolute Gasteiger partial charge is 0.398 e. The van der Waals surface area contributed by atoms with Crippen molar-refractivity contribution >= 4 is 22.6 Å². The molecule has 5 rings (SSSR count). The lowest BCUT2D eigenvalue weighted by molar-refractivity contribution is 0.100. The maximum absolute atomic E-state index is 11.6. The van der Waals surface area contributed by atoms with Crippen LogP contribution in [0.3, 0.4) is 0 Å². The molecule has 1 aromatic carbocycles. The fraction of sp³-hybridized carbons (Fsp3) is 0.174. The van der Waals surface area contributed by atoms with Gasteiger partial charge in [0.1, 0.15) is 0 Å². The van der Waals surface area contributed by atoms with E-state index in [9.17, 15) is 4.79 Å². The molecule has 0 bridgehead atoms. The van der Waals surface area contributed by atoms with Gasteiger partial charge in [-0.15, -0.1) is 0 Å². The number of hydrogen-bond donors (Lipinski definition) is 2. The number of carbonyl (C=O) groups excluding carboxylic acids is 1. The lowest BCUT2D eigenvalue weighted by atomic mass is 10.1. The van der Waals surface area contributed by atoms with Gasteiger partial charge in [-0.25, -0.2) is 14.6 Å². The number of nitrogens with zero attached hydrogens (tertiary/aromatic N) is 7. The van der Waals surface area contributed by atoms with E-state index in [2.05, 4.69) is 28.9 Å². The quantitative estimate of drug-likeness (QED) is 0.403. The number of anilines is 1. The van der Waals surface area contributed by atoms with Crippen LogP contribution in [0.25, 0.3) is 33.7 Å². The third-order valence-electron chi connectivity index (χ3n) is 5.53. The number of aryl methyl sites for hydroxylation is 1. The van der Waals surface area contributed by atoms with E-state index in [4.69, 9.17) is 16.6 Å². The molecule has 4 heterocycles. The van der Waals surface area contributed by atoms with Gasteiger partial charge >= 0.3 is 0 Å². The maximum Gasteiger partial charge on any atom is 0.250 e. The predicted octanol–water partition coefficient (Wildman–Crippen LogP) is 2.81. The predicted molar refractivity (Wildman–Crippen MR) is 125 cm³/mol. The van der Waals surface area contributed by atoms with Crippen molar-refractivity contribution in [1.82, 2.24) is 34.1 Å². The van der Waals surface area contributed by atoms with Crippen LogP contribution in [0.4, 0.5) is 5.69 Å². The fourth-order valence-electron chi connectivity index (χ4n) is 3.92. The first-order valence-corrected chi connectivity index (χ1v) is 10.4. The Kier molecular flexibility index (Phi) is 4.70. The molecule has 0 fully saturated rings. The van der Waals surface area contributed by atoms with Crippen LogP contribution in [0.1, 0.15) is 35.8 Å². The summed E-state index contributed by atoms with van der Waals surface area (Å²) in [5.41, 5.74) is 17.0. The first-order chi connectivity index (χ1) is 15.8. The highest BCUT2D eigenvalue weighted by atomic mass is 16.1. The summed E-state index contributed by atoms with van der Waals surface area (Å²) in [6, 6.07) is 7.00. The van der Waals surface area contributed by atoms with E-state index in [0.717, 1.165) is 28.0 Å². The van der Waals surface area contributed by atoms with Gasteiger partial charge in [0.25, 0.3) is 5.91 Å². The summed E-state index contributed by atoms with van der Waals surface area (Å²) >= 11 is 0. The van der Waals surface area contributed by atoms with Crippen molar-refractivity contribution in [3.05, 3.63) is 66.6 Å². The first kappa shape index (κ1) is 20.4. The van der Waals surface area contributed by atoms with Crippen molar-refractivity contribution in [2.45, 2.75) is 19.8 Å². The van der Waals surface area contributed by atoms with Crippen LogP contribution in [-0.2, 0) is 7.05 Å². The Morgan fingerprint density at radius 2 is 1.94 bits per heavy atom. The summed E-state index contributed by atoms with van der Waals surface area (Å²) in [4.78, 5) is 20.8. The Labute approximate surface area is 189 Å². The summed E-state index contributed by atoms with van der Waals surface area (Å²) in [6.07, 6.45) is 9.19. The molecule has 4 aromatic heterocycles. The number of hydrogen-bond acceptors (Lipinski definition) is 6. The molecule has 0 aliphatic rings. The van der Waals surface area contributed by atoms with Crippen LogP contribution in [0.5, 0.6) is 0 Å². The zero-order valence-corrected chi connectivity index (χ0v) is 18.5. The minimum Gasteiger partial charge on any atom is -0.398 e. The summed E-state index contributed by atoms with van der Waals surface area (Å²) in [6.45, 7) is 4.17. The average molecular weight is 441 g/mol. The van der Waals surface area contributed by atoms with E-state index >= 15 is 0 Å². The Hall–Kier alpha value is -4.47. The summed E-state index contributed by atoms with van der Waals surface area (Å²) < 4.78 is 5.46. The average Bonchev–Trinajstić information content (AvgIpc) is 3.51. The number of primary amides is 1. The summed E-state index contributed by atoms with van der Waals surface area (Å²) in [5.74, 6) is -0.433. The minimum absolute atomic E-state index is 0.139. The van der Waals surface area contributed by atoms with Crippen molar-refractivity contribution in [2.24, 2.45) is 12.8 Å². The molecule has 0 spiro atoms. The van der Waals surface area contributed by atoms with Crippen molar-refractivity contribution in [3.8, 4) is 22.6 Å². The topological polar surface area (TPSA) is 135 Å². The third-order valence-corrected chi connectivity index (χ3v) is 5.53. The van der Waals surface area contributed by atoms with Gasteiger partial charge in [-0.3, -0.25) is 9.48 Å². The molecule has 5 aromatic rings. The smallest absolute Gasteiger partial charge is 0.250 e. The lowest BCUT2D eigenvalue weighted by Crippen LogP contribution is -2.14. The van der Waals surface area contributed by atoms with E-state index in [1.807, 2.05) is 30.1 Å². The number of nitrogens with two attached hydrogens (primary N) is 2. The van der Waals surface area contributed by atoms with Crippen LogP contribution in [-0.4, -0.2) is 40.0 Å². The molecular formula is C23H23N9O. The van der Waals surface area contributed by atoms with Crippen LogP contribution in [0, 0.1) is 0 Å². The molecule has 0 saturated carbocycles. The number of benzene rings is 1. The zero-order chi connectivity index (χ0) is 23.3. The van der Waals surface area contributed by atoms with Gasteiger partial charge in [0.05, 0.1) is 46.2 Å². The van der Waals surface area contributed by atoms with E-state index in [1.54, 1.807) is 46.3 Å². The molecule has 10 heteroatoms. The van der Waals surface area contributed by atoms with Gasteiger partial charge in [0, 0.05) is 36.9 Å². The minimum atomic E-state index is -0.572. The van der Waals surface area contributed by atoms with Gasteiger partial charge in [-0.05, 0) is 30.2 Å². The molecule has 166 valence electrons. The molecule has 0 unspecified atom stereocenters. The van der Waals surface area contributed by atoms with Crippen molar-refractivity contribution in [2.75, 3.05) is 5.73 Å². The monoisotopic (exact) mass is 441 g/mol. The third kappa shape index (κ3) is 3.41. The molecule has 0 saturated heterocycles. The van der Waals surface area contributed by atoms with Crippen molar-refractivity contribution in [3.63, 3.8) is 0 Å². The molecule has 33 heavy (non-hydrogen) atoms. The van der Waals surface area contributed by atoms with E-state index in [-0.39, 0.29) is 11.5 Å². The molecule has 0 atom stereocenters. The molecule has 10 nitrogen and oxygen atoms in total. The number of aromatic nitrogens is 7. The first-order valence-electron chi connectivity index (χ1n) is 10.4. The fourth-order valence-corrected chi connectivity index (χ4v) is 3.92. The van der Waals surface area contributed by atoms with Crippen LogP contribution in [0.2, 0.25) is 0 Å². The Bertz CT molecular complexity index is 1510. The number of carbonyl (C=O) groups is 1. The van der Waals surface area contributed by atoms with Crippen molar-refractivity contribution < 1.29 is 4.79 Å². The number of imidazole rings is 1. The molecular weight excluding hydrogens is 418 g/mol. The maximum atomic E-state index is 11.6. The molecule has 1 amide bonds. The number of rotatable bonds is 5. The zero-order valence-electron chi connectivity index (χ0n) is 18.5. The van der Waals surface area contributed by atoms with Gasteiger partial charge in [0.15, 0.2) is 5.65 Å². The normalized spacial score (nSPS) is 11.5. The SMILES string of the molecule is CC(C)c1nn(-c2ccc(C(N)=O)c(N)c2)c2nccc(-n3cnc(-c4cnn(C)c4)c3)c12. The van der Waals surface area contributed by atoms with Crippen LogP contribution < -0.4 is 11.5 Å². The molecule has 0 aliphatic carbocycles. The van der Waals surface area contributed by atoms with E-state index in [0.29, 0.717) is 17.0 Å². The number of nitrogen functional groups attached to an aromatic ring is 1. The number of pyridine rings is 1. The molecule has 0 aliphatic heterocycles. The van der Waals surface area contributed by atoms with Gasteiger partial charge in [-0.1, -0.05) is 13.8 Å². The van der Waals surface area contributed by atoms with Gasteiger partial charge < -0.3 is 16.0 Å². The van der Waals surface area contributed by atoms with Crippen LogP contribution in [0.15, 0.2) is 55.4 Å². The Morgan fingerprint density at radius 1 is 1.12 bits per heavy atom. The standard InChI is InChI=1S/C23H23N9O/c1-13(2)21-20-19(31-11-18(27-12-31)14-9-28-30(3)10-14)6-7-26-23(20)32(29-21)15-4-5-16(22(25)33)17(24)8-15/h4-13H,24H2,1-3H3,(H2,25,33). The summed E-state index contributed by atoms with van der Waals surface area (Å²) in [5, 5.41) is 10.0. The highest BCUT2D eigenvalue weighted by molar-refractivity contribution is 5.98. The van der Waals surface area contributed by atoms with Gasteiger partial charge in [-0.2, -0.15) is 10.2 Å². The Morgan fingerprint density at radius 3 is 2.61 bits per heavy atom. The highest BCUT2D eigenvalue weighted by Crippen LogP contribution is 2.32. The lowest BCUT2D eigenvalue weighted by Gasteiger charge is -2.08. The number of fused-ring (bicyclic) bond motifs is 1. The van der Waals surface area contributed by atoms with Gasteiger partial charge in [0.2, 0.25) is 0 Å². The van der Waals surface area contributed by atoms with E-state index < -0.39 is 5.91 Å². The molecule has 4 N–H and O–H groups in total. The second-order valence-corrected chi connectivity index (χ2v) is 8.19. The highest BCUT2D eigenvalue weighted by Gasteiger charge is 2.21. The van der Waals surface area contributed by atoms with E-state index in [1.165, 1.54) is 0 Å². The Balaban J connectivity index is 1.69. The summed E-state index contributed by atoms with van der Waals surface area (Å²) in [7, 11) is 1.87. The number of amides is 1. The second-order valence-electron chi connectivity index (χ2n) is 8.19. The molecule has 0 radical (unpaired) electrons. The second kappa shape index (κ2) is 7.59. The van der Waals surface area contributed by atoms with Crippen molar-refractivity contribution in [1.29, 1.82) is 0 Å².